The molecule has 31 heavy (non-hydrogen) atoms. The quantitative estimate of drug-likeness (QED) is 0.522. The molecule has 1 N–H and O–H groups in total. The van der Waals surface area contributed by atoms with E-state index in [-0.39, 0.29) is 10.6 Å². The first-order valence-corrected chi connectivity index (χ1v) is 11.5. The molecule has 1 heterocycles. The number of carbonyl (C=O) groups is 1. The van der Waals surface area contributed by atoms with Crippen LogP contribution < -0.4 is 10.1 Å². The molecule has 1 aromatic heterocycles. The molecule has 0 spiro atoms. The highest BCUT2D eigenvalue weighted by atomic mass is 35.5. The third kappa shape index (κ3) is 5.41. The van der Waals surface area contributed by atoms with E-state index in [2.05, 4.69) is 10.3 Å². The van der Waals surface area contributed by atoms with Crippen LogP contribution in [0.25, 0.3) is 0 Å². The van der Waals surface area contributed by atoms with E-state index in [9.17, 15) is 13.2 Å². The predicted octanol–water partition coefficient (Wildman–Crippen LogP) is 4.81. The van der Waals surface area contributed by atoms with E-state index >= 15 is 0 Å². The fourth-order valence-corrected chi connectivity index (χ4v) is 4.51. The van der Waals surface area contributed by atoms with Crippen molar-refractivity contribution in [2.45, 2.75) is 18.7 Å². The number of rotatable bonds is 8. The Balaban J connectivity index is 2.01. The third-order valence-electron chi connectivity index (χ3n) is 4.53. The number of anilines is 1. The molecule has 0 bridgehead atoms. The average Bonchev–Trinajstić information content (AvgIpc) is 2.77. The minimum atomic E-state index is -3.72. The van der Waals surface area contributed by atoms with E-state index in [4.69, 9.17) is 16.3 Å². The molecule has 2 aromatic carbocycles. The second kappa shape index (κ2) is 9.91. The fraction of sp³-hybridized carbons (Fsp3) is 0.182. The molecule has 0 unspecified atom stereocenters. The van der Waals surface area contributed by atoms with E-state index in [1.165, 1.54) is 34.9 Å². The average molecular weight is 460 g/mol. The van der Waals surface area contributed by atoms with Crippen molar-refractivity contribution >= 4 is 33.2 Å². The second-order valence-corrected chi connectivity index (χ2v) is 8.87. The Labute approximate surface area is 186 Å². The van der Waals surface area contributed by atoms with Gasteiger partial charge in [0.2, 0.25) is 10.0 Å². The zero-order valence-electron chi connectivity index (χ0n) is 17.1. The number of amides is 1. The van der Waals surface area contributed by atoms with Crippen molar-refractivity contribution in [1.82, 2.24) is 9.29 Å². The smallest absolute Gasteiger partial charge is 0.255 e. The number of nitrogens with one attached hydrogen (secondary N) is 1. The lowest BCUT2D eigenvalue weighted by Gasteiger charge is -2.20. The Kier molecular flexibility index (Phi) is 7.27. The van der Waals surface area contributed by atoms with Crippen molar-refractivity contribution in [1.29, 1.82) is 0 Å². The summed E-state index contributed by atoms with van der Waals surface area (Å²) in [4.78, 5) is 16.7. The van der Waals surface area contributed by atoms with Crippen molar-refractivity contribution in [3.05, 3.63) is 77.6 Å². The lowest BCUT2D eigenvalue weighted by molar-refractivity contribution is 0.102. The van der Waals surface area contributed by atoms with Crippen molar-refractivity contribution in [2.75, 3.05) is 18.4 Å². The number of hydrogen-bond donors (Lipinski definition) is 1. The summed E-state index contributed by atoms with van der Waals surface area (Å²) >= 11 is 5.92. The van der Waals surface area contributed by atoms with Crippen molar-refractivity contribution in [3.8, 4) is 11.5 Å². The van der Waals surface area contributed by atoms with Gasteiger partial charge in [-0.15, -0.1) is 0 Å². The normalized spacial score (nSPS) is 11.4. The monoisotopic (exact) mass is 459 g/mol. The topological polar surface area (TPSA) is 88.6 Å². The van der Waals surface area contributed by atoms with Crippen LogP contribution in [0.3, 0.4) is 0 Å². The standard InChI is InChI=1S/C22H22ClN3O4S/c1-3-26(4-2)31(28,29)19-9-10-21(30-18-7-5-17(23)6-8-18)20(15-19)25-22(27)16-11-13-24-14-12-16/h5-15H,3-4H2,1-2H3,(H,25,27). The minimum absolute atomic E-state index is 0.0599. The van der Waals surface area contributed by atoms with Crippen molar-refractivity contribution < 1.29 is 17.9 Å². The SMILES string of the molecule is CCN(CC)S(=O)(=O)c1ccc(Oc2ccc(Cl)cc2)c(NC(=O)c2ccncc2)c1. The molecule has 0 saturated carbocycles. The largest absolute Gasteiger partial charge is 0.455 e. The second-order valence-electron chi connectivity index (χ2n) is 6.49. The minimum Gasteiger partial charge on any atom is -0.455 e. The van der Waals surface area contributed by atoms with Gasteiger partial charge in [0, 0.05) is 36.1 Å². The molecule has 0 atom stereocenters. The molecule has 1 amide bonds. The summed E-state index contributed by atoms with van der Waals surface area (Å²) in [5, 5.41) is 3.30. The highest BCUT2D eigenvalue weighted by molar-refractivity contribution is 7.89. The van der Waals surface area contributed by atoms with Gasteiger partial charge in [-0.25, -0.2) is 8.42 Å². The number of halogens is 1. The molecular weight excluding hydrogens is 438 g/mol. The van der Waals surface area contributed by atoms with Crippen molar-refractivity contribution in [3.63, 3.8) is 0 Å². The summed E-state index contributed by atoms with van der Waals surface area (Å²) in [5.74, 6) is 0.368. The maximum Gasteiger partial charge on any atom is 0.255 e. The van der Waals surface area contributed by atoms with Gasteiger partial charge in [0.25, 0.3) is 5.91 Å². The third-order valence-corrected chi connectivity index (χ3v) is 6.82. The highest BCUT2D eigenvalue weighted by Gasteiger charge is 2.23. The van der Waals surface area contributed by atoms with E-state index in [0.717, 1.165) is 0 Å². The van der Waals surface area contributed by atoms with Gasteiger partial charge in [0.05, 0.1) is 10.6 Å². The number of hydrogen-bond acceptors (Lipinski definition) is 5. The van der Waals surface area contributed by atoms with Gasteiger partial charge >= 0.3 is 0 Å². The fourth-order valence-electron chi connectivity index (χ4n) is 2.90. The van der Waals surface area contributed by atoms with Crippen LogP contribution in [0.4, 0.5) is 5.69 Å². The Morgan fingerprint density at radius 1 is 1.03 bits per heavy atom. The molecule has 3 aromatic rings. The van der Waals surface area contributed by atoms with Crippen molar-refractivity contribution in [2.24, 2.45) is 0 Å². The predicted molar refractivity (Wildman–Crippen MR) is 120 cm³/mol. The Bertz CT molecular complexity index is 1150. The van der Waals surface area contributed by atoms with E-state index < -0.39 is 15.9 Å². The Hall–Kier alpha value is -2.94. The summed E-state index contributed by atoms with van der Waals surface area (Å²) in [6.45, 7) is 4.21. The number of nitrogens with zero attached hydrogens (tertiary/aromatic N) is 2. The molecule has 0 aliphatic carbocycles. The molecule has 0 saturated heterocycles. The molecule has 7 nitrogen and oxygen atoms in total. The molecule has 0 aliphatic rings. The first kappa shape index (κ1) is 22.7. The van der Waals surface area contributed by atoms with Gasteiger partial charge in [-0.3, -0.25) is 9.78 Å². The molecule has 0 radical (unpaired) electrons. The molecule has 0 fully saturated rings. The summed E-state index contributed by atoms with van der Waals surface area (Å²) in [6, 6.07) is 14.2. The number of ether oxygens (including phenoxy) is 1. The van der Waals surface area contributed by atoms with E-state index in [1.807, 2.05) is 0 Å². The van der Waals surface area contributed by atoms with Gasteiger partial charge in [0.15, 0.2) is 5.75 Å². The summed E-state index contributed by atoms with van der Waals surface area (Å²) in [6.07, 6.45) is 3.00. The highest BCUT2D eigenvalue weighted by Crippen LogP contribution is 2.33. The van der Waals surface area contributed by atoms with Crippen LogP contribution in [0.2, 0.25) is 5.02 Å². The first-order chi connectivity index (χ1) is 14.8. The maximum absolute atomic E-state index is 13.0. The van der Waals surface area contributed by atoms with Crippen LogP contribution in [0, 0.1) is 0 Å². The number of benzene rings is 2. The molecule has 9 heteroatoms. The lowest BCUT2D eigenvalue weighted by atomic mass is 10.2. The van der Waals surface area contributed by atoms with Crippen LogP contribution in [0.15, 0.2) is 71.9 Å². The van der Waals surface area contributed by atoms with Gasteiger partial charge in [-0.2, -0.15) is 4.31 Å². The lowest BCUT2D eigenvalue weighted by Crippen LogP contribution is -2.30. The number of aromatic nitrogens is 1. The Morgan fingerprint density at radius 3 is 2.29 bits per heavy atom. The first-order valence-electron chi connectivity index (χ1n) is 9.64. The van der Waals surface area contributed by atoms with Crippen LogP contribution in [0.1, 0.15) is 24.2 Å². The van der Waals surface area contributed by atoms with Crippen LogP contribution in [-0.2, 0) is 10.0 Å². The van der Waals surface area contributed by atoms with Crippen LogP contribution >= 0.6 is 11.6 Å². The Morgan fingerprint density at radius 2 is 1.68 bits per heavy atom. The zero-order chi connectivity index (χ0) is 22.4. The molecule has 3 rings (SSSR count). The van der Waals surface area contributed by atoms with Gasteiger partial charge in [-0.05, 0) is 54.6 Å². The number of sulfonamides is 1. The summed E-state index contributed by atoms with van der Waals surface area (Å²) in [7, 11) is -3.72. The maximum atomic E-state index is 13.0. The van der Waals surface area contributed by atoms with Crippen LogP contribution in [0.5, 0.6) is 11.5 Å². The van der Waals surface area contributed by atoms with E-state index in [1.54, 1.807) is 50.2 Å². The van der Waals surface area contributed by atoms with Gasteiger partial charge in [0.1, 0.15) is 5.75 Å². The van der Waals surface area contributed by atoms with E-state index in [0.29, 0.717) is 35.2 Å². The number of pyridine rings is 1. The zero-order valence-corrected chi connectivity index (χ0v) is 18.7. The number of carbonyl (C=O) groups excluding carboxylic acids is 1. The summed E-state index contributed by atoms with van der Waals surface area (Å²) in [5.41, 5.74) is 0.606. The van der Waals surface area contributed by atoms with Gasteiger partial charge < -0.3 is 10.1 Å². The summed E-state index contributed by atoms with van der Waals surface area (Å²) < 4.78 is 33.1. The molecule has 0 aliphatic heterocycles. The van der Waals surface area contributed by atoms with Crippen LogP contribution in [-0.4, -0.2) is 36.7 Å². The van der Waals surface area contributed by atoms with Gasteiger partial charge in [-0.1, -0.05) is 25.4 Å². The molecular formula is C22H22ClN3O4S. The molecule has 162 valence electrons.